The van der Waals surface area contributed by atoms with Gasteiger partial charge in [0, 0.05) is 6.04 Å². The number of fused-ring (bicyclic) bond motifs is 1. The van der Waals surface area contributed by atoms with E-state index in [0.717, 1.165) is 12.8 Å². The summed E-state index contributed by atoms with van der Waals surface area (Å²) >= 11 is 0. The number of rotatable bonds is 3. The van der Waals surface area contributed by atoms with Gasteiger partial charge in [0.15, 0.2) is 0 Å². The van der Waals surface area contributed by atoms with E-state index in [4.69, 9.17) is 0 Å². The van der Waals surface area contributed by atoms with E-state index in [1.165, 1.54) is 6.42 Å². The van der Waals surface area contributed by atoms with E-state index >= 15 is 0 Å². The first-order valence-corrected chi connectivity index (χ1v) is 6.56. The molecule has 1 heterocycles. The van der Waals surface area contributed by atoms with Gasteiger partial charge in [0.1, 0.15) is 0 Å². The van der Waals surface area contributed by atoms with Crippen LogP contribution >= 0.6 is 0 Å². The van der Waals surface area contributed by atoms with Crippen molar-refractivity contribution in [2.24, 2.45) is 5.92 Å². The number of imidazole rings is 1. The minimum atomic E-state index is -1.00. The van der Waals surface area contributed by atoms with E-state index < -0.39 is 5.97 Å². The molecule has 0 spiro atoms. The third-order valence-electron chi connectivity index (χ3n) is 4.21. The molecule has 0 saturated heterocycles. The first kappa shape index (κ1) is 12.0. The summed E-state index contributed by atoms with van der Waals surface area (Å²) in [6.45, 7) is 2.00. The molecule has 1 aromatic carbocycles. The highest BCUT2D eigenvalue weighted by molar-refractivity contribution is 6.01. The number of aromatic amines is 1. The molecule has 2 N–H and O–H groups in total. The largest absolute Gasteiger partial charge is 0.478 e. The molecule has 1 aliphatic rings. The predicted octanol–water partition coefficient (Wildman–Crippen LogP) is 2.39. The molecular weight excluding hydrogens is 244 g/mol. The topological polar surface area (TPSA) is 75.1 Å². The Kier molecular flexibility index (Phi) is 2.69. The predicted molar refractivity (Wildman–Crippen MR) is 71.6 cm³/mol. The fourth-order valence-electron chi connectivity index (χ4n) is 2.88. The molecule has 1 atom stereocenters. The van der Waals surface area contributed by atoms with Crippen molar-refractivity contribution in [2.75, 3.05) is 0 Å². The second kappa shape index (κ2) is 4.26. The Hall–Kier alpha value is -2.04. The molecule has 0 amide bonds. The molecule has 19 heavy (non-hydrogen) atoms. The number of nitrogens with one attached hydrogen (secondary N) is 1. The van der Waals surface area contributed by atoms with Crippen LogP contribution in [0.4, 0.5) is 0 Å². The Labute approximate surface area is 109 Å². The first-order valence-electron chi connectivity index (χ1n) is 6.56. The van der Waals surface area contributed by atoms with Crippen LogP contribution in [0.1, 0.15) is 42.6 Å². The van der Waals surface area contributed by atoms with Gasteiger partial charge in [0.25, 0.3) is 0 Å². The van der Waals surface area contributed by atoms with Gasteiger partial charge in [-0.15, -0.1) is 0 Å². The molecule has 1 saturated carbocycles. The van der Waals surface area contributed by atoms with Crippen molar-refractivity contribution >= 4 is 17.0 Å². The van der Waals surface area contributed by atoms with Crippen LogP contribution in [-0.4, -0.2) is 20.6 Å². The van der Waals surface area contributed by atoms with Gasteiger partial charge in [0.05, 0.1) is 16.6 Å². The fraction of sp³-hybridized carbons (Fsp3) is 0.429. The van der Waals surface area contributed by atoms with Crippen LogP contribution in [0.25, 0.3) is 11.0 Å². The lowest BCUT2D eigenvalue weighted by atomic mass is 9.80. The number of benzene rings is 1. The lowest BCUT2D eigenvalue weighted by molar-refractivity contribution is 0.0698. The smallest absolute Gasteiger partial charge is 0.337 e. The van der Waals surface area contributed by atoms with Crippen molar-refractivity contribution in [3.05, 3.63) is 34.2 Å². The number of hydrogen-bond acceptors (Lipinski definition) is 2. The highest BCUT2D eigenvalue weighted by Crippen LogP contribution is 2.36. The van der Waals surface area contributed by atoms with Gasteiger partial charge >= 0.3 is 11.7 Å². The molecule has 1 aliphatic carbocycles. The number of carboxylic acids is 1. The number of carbonyl (C=O) groups is 1. The summed E-state index contributed by atoms with van der Waals surface area (Å²) in [5.74, 6) is -0.530. The number of para-hydroxylation sites is 1. The van der Waals surface area contributed by atoms with E-state index in [9.17, 15) is 14.7 Å². The molecule has 3 rings (SSSR count). The number of carboxylic acid groups (broad SMARTS) is 1. The van der Waals surface area contributed by atoms with E-state index in [2.05, 4.69) is 4.98 Å². The van der Waals surface area contributed by atoms with Crippen molar-refractivity contribution in [2.45, 2.75) is 32.2 Å². The van der Waals surface area contributed by atoms with E-state index in [1.807, 2.05) is 6.92 Å². The Morgan fingerprint density at radius 2 is 2.21 bits per heavy atom. The van der Waals surface area contributed by atoms with E-state index in [1.54, 1.807) is 22.8 Å². The van der Waals surface area contributed by atoms with Crippen molar-refractivity contribution in [1.29, 1.82) is 0 Å². The average molecular weight is 260 g/mol. The first-order chi connectivity index (χ1) is 9.09. The summed E-state index contributed by atoms with van der Waals surface area (Å²) in [6.07, 6.45) is 3.41. The van der Waals surface area contributed by atoms with Crippen molar-refractivity contribution in [3.8, 4) is 0 Å². The second-order valence-electron chi connectivity index (χ2n) is 5.24. The standard InChI is InChI=1S/C14H16N2O3/c1-8(9-4-2-5-9)16-12-10(13(17)18)6-3-7-11(12)15-14(16)19/h3,6-9H,2,4-5H2,1H3,(H,15,19)(H,17,18). The van der Waals surface area contributed by atoms with Crippen LogP contribution in [0, 0.1) is 5.92 Å². The zero-order chi connectivity index (χ0) is 13.6. The molecule has 5 heteroatoms. The molecule has 0 radical (unpaired) electrons. The fourth-order valence-corrected chi connectivity index (χ4v) is 2.88. The zero-order valence-electron chi connectivity index (χ0n) is 10.7. The lowest BCUT2D eigenvalue weighted by Crippen LogP contribution is -2.29. The Morgan fingerprint density at radius 3 is 2.79 bits per heavy atom. The highest BCUT2D eigenvalue weighted by atomic mass is 16.4. The summed E-state index contributed by atoms with van der Waals surface area (Å²) < 4.78 is 1.61. The lowest BCUT2D eigenvalue weighted by Gasteiger charge is -2.32. The highest BCUT2D eigenvalue weighted by Gasteiger charge is 2.28. The normalized spacial score (nSPS) is 17.3. The van der Waals surface area contributed by atoms with Gasteiger partial charge in [-0.25, -0.2) is 9.59 Å². The summed E-state index contributed by atoms with van der Waals surface area (Å²) in [4.78, 5) is 26.2. The van der Waals surface area contributed by atoms with Crippen LogP contribution in [0.5, 0.6) is 0 Å². The second-order valence-corrected chi connectivity index (χ2v) is 5.24. The maximum atomic E-state index is 12.1. The number of hydrogen-bond donors (Lipinski definition) is 2. The van der Waals surface area contributed by atoms with E-state index in [-0.39, 0.29) is 17.3 Å². The number of H-pyrrole nitrogens is 1. The van der Waals surface area contributed by atoms with Gasteiger partial charge in [-0.05, 0) is 37.8 Å². The number of aromatic carboxylic acids is 1. The van der Waals surface area contributed by atoms with Crippen LogP contribution < -0.4 is 5.69 Å². The Morgan fingerprint density at radius 1 is 1.47 bits per heavy atom. The molecule has 1 aromatic heterocycles. The van der Waals surface area contributed by atoms with Crippen LogP contribution in [-0.2, 0) is 0 Å². The summed E-state index contributed by atoms with van der Waals surface area (Å²) in [5, 5.41) is 9.28. The van der Waals surface area contributed by atoms with E-state index in [0.29, 0.717) is 17.0 Å². The molecular formula is C14H16N2O3. The molecule has 2 aromatic rings. The average Bonchev–Trinajstić information content (AvgIpc) is 2.61. The molecule has 0 aliphatic heterocycles. The number of aromatic nitrogens is 2. The van der Waals surface area contributed by atoms with Crippen molar-refractivity contribution < 1.29 is 9.90 Å². The van der Waals surface area contributed by atoms with Crippen LogP contribution in [0.2, 0.25) is 0 Å². The molecule has 5 nitrogen and oxygen atoms in total. The van der Waals surface area contributed by atoms with Gasteiger partial charge < -0.3 is 10.1 Å². The quantitative estimate of drug-likeness (QED) is 0.889. The summed E-state index contributed by atoms with van der Waals surface area (Å²) in [7, 11) is 0. The van der Waals surface area contributed by atoms with Crippen molar-refractivity contribution in [3.63, 3.8) is 0 Å². The van der Waals surface area contributed by atoms with Crippen molar-refractivity contribution in [1.82, 2.24) is 9.55 Å². The zero-order valence-corrected chi connectivity index (χ0v) is 10.7. The molecule has 1 fully saturated rings. The van der Waals surface area contributed by atoms with Gasteiger partial charge in [0.2, 0.25) is 0 Å². The molecule has 100 valence electrons. The third kappa shape index (κ3) is 1.77. The Balaban J connectivity index is 2.24. The number of nitrogens with zero attached hydrogens (tertiary/aromatic N) is 1. The van der Waals surface area contributed by atoms with Gasteiger partial charge in [-0.1, -0.05) is 12.5 Å². The molecule has 1 unspecified atom stereocenters. The Bertz CT molecular complexity index is 694. The minimum absolute atomic E-state index is 0.0375. The van der Waals surface area contributed by atoms with Crippen LogP contribution in [0.3, 0.4) is 0 Å². The maximum Gasteiger partial charge on any atom is 0.337 e. The summed E-state index contributed by atoms with van der Waals surface area (Å²) in [5.41, 5.74) is 1.07. The monoisotopic (exact) mass is 260 g/mol. The molecule has 0 bridgehead atoms. The van der Waals surface area contributed by atoms with Gasteiger partial charge in [-0.3, -0.25) is 4.57 Å². The van der Waals surface area contributed by atoms with Gasteiger partial charge in [-0.2, -0.15) is 0 Å². The summed E-state index contributed by atoms with van der Waals surface area (Å²) in [6, 6.07) is 4.98. The van der Waals surface area contributed by atoms with Crippen LogP contribution in [0.15, 0.2) is 23.0 Å². The SMILES string of the molecule is CC(C1CCC1)n1c(=O)[nH]c2cccc(C(=O)O)c21. The third-order valence-corrected chi connectivity index (χ3v) is 4.21. The maximum absolute atomic E-state index is 12.1. The minimum Gasteiger partial charge on any atom is -0.478 e.